The molecule has 0 spiro atoms. The summed E-state index contributed by atoms with van der Waals surface area (Å²) in [7, 11) is 3.42. The van der Waals surface area contributed by atoms with E-state index in [-0.39, 0.29) is 6.79 Å². The number of ether oxygens (including phenoxy) is 4. The normalized spacial score (nSPS) is 13.2. The van der Waals surface area contributed by atoms with Crippen LogP contribution in [0.5, 0.6) is 23.0 Å². The fourth-order valence-corrected chi connectivity index (χ4v) is 6.64. The van der Waals surface area contributed by atoms with Gasteiger partial charge in [0, 0.05) is 23.3 Å². The number of aromatic nitrogens is 1. The van der Waals surface area contributed by atoms with Crippen LogP contribution in [-0.4, -0.2) is 21.0 Å². The molecule has 206 valence electrons. The molecule has 0 fully saturated rings. The summed E-state index contributed by atoms with van der Waals surface area (Å²) in [5, 5.41) is 2.29. The van der Waals surface area contributed by atoms with Crippen LogP contribution in [0.2, 0.25) is 0 Å². The van der Waals surface area contributed by atoms with Crippen molar-refractivity contribution in [3.63, 3.8) is 0 Å². The van der Waals surface area contributed by atoms with Gasteiger partial charge in [0.15, 0.2) is 35.7 Å². The van der Waals surface area contributed by atoms with Gasteiger partial charge in [0.25, 0.3) is 0 Å². The summed E-state index contributed by atoms with van der Waals surface area (Å²) >= 11 is 0. The number of nitrogens with zero attached hydrogens (tertiary/aromatic N) is 1. The number of fused-ring (bicyclic) bond motifs is 5. The second-order valence-corrected chi connectivity index (χ2v) is 10.8. The Morgan fingerprint density at radius 3 is 2.20 bits per heavy atom. The Labute approximate surface area is 240 Å². The Hall–Kier alpha value is -4.51. The van der Waals surface area contributed by atoms with Gasteiger partial charge >= 0.3 is 0 Å². The molecule has 0 saturated carbocycles. The van der Waals surface area contributed by atoms with Gasteiger partial charge in [-0.25, -0.2) is 0 Å². The minimum absolute atomic E-state index is 0.278. The third-order valence-corrected chi connectivity index (χ3v) is 8.57. The highest BCUT2D eigenvalue weighted by molar-refractivity contribution is 5.95. The van der Waals surface area contributed by atoms with Gasteiger partial charge in [0.2, 0.25) is 12.5 Å². The topological polar surface area (TPSA) is 40.8 Å². The quantitative estimate of drug-likeness (QED) is 0.193. The Kier molecular flexibility index (Phi) is 6.71. The predicted octanol–water partition coefficient (Wildman–Crippen LogP) is 7.25. The standard InChI is InChI=1S/C36H34NO4/c1-38-32-17-16-28-29(15-9-14-27(24-10-5-3-6-11-24)25-12-7-4-8-13-25)35-30-21-34-33(40-23-41-34)20-26(30)18-19-37(35)22-31(28)36(32)39-2/h3-8,10-13,16-17,20-22,27H,9,14-15,18-19,23H2,1-2H3/q+1. The van der Waals surface area contributed by atoms with Gasteiger partial charge < -0.3 is 18.9 Å². The van der Waals surface area contributed by atoms with Gasteiger partial charge in [0.05, 0.1) is 25.2 Å². The number of methoxy groups -OCH3 is 2. The van der Waals surface area contributed by atoms with E-state index in [9.17, 15) is 0 Å². The van der Waals surface area contributed by atoms with E-state index in [0.717, 1.165) is 60.6 Å². The molecule has 41 heavy (non-hydrogen) atoms. The lowest BCUT2D eigenvalue weighted by Gasteiger charge is -2.22. The largest absolute Gasteiger partial charge is 0.493 e. The molecule has 0 unspecified atom stereocenters. The van der Waals surface area contributed by atoms with Gasteiger partial charge in [-0.3, -0.25) is 0 Å². The number of pyridine rings is 1. The van der Waals surface area contributed by atoms with Crippen LogP contribution in [0.15, 0.2) is 91.1 Å². The van der Waals surface area contributed by atoms with Crippen LogP contribution in [0, 0.1) is 0 Å². The van der Waals surface area contributed by atoms with E-state index in [1.165, 1.54) is 38.9 Å². The third kappa shape index (κ3) is 4.55. The minimum atomic E-state index is 0.278. The van der Waals surface area contributed by atoms with Crippen molar-refractivity contribution in [1.29, 1.82) is 0 Å². The maximum Gasteiger partial charge on any atom is 0.231 e. The SMILES string of the molecule is COc1ccc2c(CCCC(c3ccccc3)c3ccccc3)c3[n+](cc2c1OC)CCc1cc2c(cc1-3)OCO2. The maximum absolute atomic E-state index is 5.91. The lowest BCUT2D eigenvalue weighted by molar-refractivity contribution is -0.686. The molecule has 5 heteroatoms. The molecule has 0 atom stereocenters. The number of hydrogen-bond acceptors (Lipinski definition) is 4. The van der Waals surface area contributed by atoms with E-state index in [0.29, 0.717) is 5.92 Å². The van der Waals surface area contributed by atoms with Gasteiger partial charge in [-0.15, -0.1) is 0 Å². The molecule has 1 aromatic heterocycles. The van der Waals surface area contributed by atoms with Gasteiger partial charge in [0.1, 0.15) is 0 Å². The fourth-order valence-electron chi connectivity index (χ4n) is 6.64. The summed E-state index contributed by atoms with van der Waals surface area (Å²) in [5.41, 5.74) is 7.86. The highest BCUT2D eigenvalue weighted by Gasteiger charge is 2.32. The van der Waals surface area contributed by atoms with E-state index in [1.54, 1.807) is 14.2 Å². The van der Waals surface area contributed by atoms with E-state index >= 15 is 0 Å². The van der Waals surface area contributed by atoms with Crippen molar-refractivity contribution in [2.45, 2.75) is 38.1 Å². The number of rotatable bonds is 8. The number of benzene rings is 4. The monoisotopic (exact) mass is 544 g/mol. The molecule has 0 saturated heterocycles. The van der Waals surface area contributed by atoms with E-state index in [2.05, 4.69) is 89.6 Å². The smallest absolute Gasteiger partial charge is 0.231 e. The number of aryl methyl sites for hydroxylation is 3. The molecule has 4 aromatic carbocycles. The molecule has 3 heterocycles. The summed E-state index contributed by atoms with van der Waals surface area (Å²) in [6, 6.07) is 30.3. The molecule has 7 rings (SSSR count). The van der Waals surface area contributed by atoms with Crippen LogP contribution < -0.4 is 23.5 Å². The second kappa shape index (κ2) is 10.8. The van der Waals surface area contributed by atoms with Crippen LogP contribution in [0.3, 0.4) is 0 Å². The van der Waals surface area contributed by atoms with Crippen molar-refractivity contribution in [3.05, 3.63) is 113 Å². The molecule has 0 aliphatic carbocycles. The summed E-state index contributed by atoms with van der Waals surface area (Å²) in [4.78, 5) is 0. The van der Waals surface area contributed by atoms with Gasteiger partial charge in [-0.1, -0.05) is 60.7 Å². The van der Waals surface area contributed by atoms with Crippen LogP contribution in [0.4, 0.5) is 0 Å². The van der Waals surface area contributed by atoms with Crippen LogP contribution in [0.25, 0.3) is 22.0 Å². The van der Waals surface area contributed by atoms with Gasteiger partial charge in [-0.2, -0.15) is 4.57 Å². The van der Waals surface area contributed by atoms with Crippen molar-refractivity contribution in [2.24, 2.45) is 0 Å². The van der Waals surface area contributed by atoms with Crippen LogP contribution in [-0.2, 0) is 19.4 Å². The van der Waals surface area contributed by atoms with Crippen LogP contribution in [0.1, 0.15) is 41.0 Å². The lowest BCUT2D eigenvalue weighted by atomic mass is 9.85. The summed E-state index contributed by atoms with van der Waals surface area (Å²) in [6.45, 7) is 1.17. The molecule has 0 radical (unpaired) electrons. The summed E-state index contributed by atoms with van der Waals surface area (Å²) < 4.78 is 25.5. The minimum Gasteiger partial charge on any atom is -0.493 e. The highest BCUT2D eigenvalue weighted by atomic mass is 16.7. The number of hydrogen-bond donors (Lipinski definition) is 0. The molecular formula is C36H34NO4+. The summed E-state index contributed by atoms with van der Waals surface area (Å²) in [5.74, 6) is 3.54. The second-order valence-electron chi connectivity index (χ2n) is 10.8. The van der Waals surface area contributed by atoms with Crippen molar-refractivity contribution >= 4 is 10.8 Å². The van der Waals surface area contributed by atoms with E-state index in [4.69, 9.17) is 18.9 Å². The Bertz CT molecular complexity index is 1680. The molecule has 5 nitrogen and oxygen atoms in total. The first-order chi connectivity index (χ1) is 20.2. The first-order valence-corrected chi connectivity index (χ1v) is 14.4. The first-order valence-electron chi connectivity index (χ1n) is 14.4. The summed E-state index contributed by atoms with van der Waals surface area (Å²) in [6.07, 6.45) is 6.19. The predicted molar refractivity (Wildman–Crippen MR) is 160 cm³/mol. The molecule has 0 amide bonds. The van der Waals surface area contributed by atoms with E-state index in [1.807, 2.05) is 6.07 Å². The van der Waals surface area contributed by atoms with E-state index < -0.39 is 0 Å². The zero-order chi connectivity index (χ0) is 27.8. The molecule has 0 bridgehead atoms. The van der Waals surface area contributed by atoms with Crippen molar-refractivity contribution in [2.75, 3.05) is 21.0 Å². The molecular weight excluding hydrogens is 510 g/mol. The zero-order valence-electron chi connectivity index (χ0n) is 23.6. The lowest BCUT2D eigenvalue weighted by Crippen LogP contribution is -2.41. The molecule has 5 aromatic rings. The zero-order valence-corrected chi connectivity index (χ0v) is 23.6. The van der Waals surface area contributed by atoms with Crippen molar-refractivity contribution in [3.8, 4) is 34.3 Å². The maximum atomic E-state index is 5.91. The fraction of sp³-hybridized carbons (Fsp3) is 0.250. The van der Waals surface area contributed by atoms with Crippen LogP contribution >= 0.6 is 0 Å². The average molecular weight is 545 g/mol. The molecule has 0 N–H and O–H groups in total. The van der Waals surface area contributed by atoms with Crippen molar-refractivity contribution in [1.82, 2.24) is 0 Å². The first kappa shape index (κ1) is 25.5. The Balaban J connectivity index is 1.33. The highest BCUT2D eigenvalue weighted by Crippen LogP contribution is 2.44. The Morgan fingerprint density at radius 2 is 1.51 bits per heavy atom. The third-order valence-electron chi connectivity index (χ3n) is 8.57. The van der Waals surface area contributed by atoms with Gasteiger partial charge in [-0.05, 0) is 60.2 Å². The Morgan fingerprint density at radius 1 is 0.805 bits per heavy atom. The molecule has 2 aliphatic heterocycles. The average Bonchev–Trinajstić information content (AvgIpc) is 3.49. The van der Waals surface area contributed by atoms with Crippen molar-refractivity contribution < 1.29 is 23.5 Å². The molecule has 2 aliphatic rings.